The molecule has 3 aromatic rings. The van der Waals surface area contributed by atoms with Crippen LogP contribution in [-0.2, 0) is 27.7 Å². The highest BCUT2D eigenvalue weighted by molar-refractivity contribution is 5.68. The van der Waals surface area contributed by atoms with Crippen LogP contribution >= 0.6 is 0 Å². The second-order valence-corrected chi connectivity index (χ2v) is 14.1. The number of nitriles is 1. The molecule has 0 radical (unpaired) electrons. The Hall–Kier alpha value is -3.76. The van der Waals surface area contributed by atoms with Crippen LogP contribution in [0.4, 0.5) is 11.5 Å². The molecule has 2 aliphatic carbocycles. The number of methoxy groups -OCH3 is 1. The van der Waals surface area contributed by atoms with Gasteiger partial charge in [0.2, 0.25) is 5.88 Å². The van der Waals surface area contributed by atoms with E-state index in [2.05, 4.69) is 53.0 Å². The van der Waals surface area contributed by atoms with Gasteiger partial charge in [-0.2, -0.15) is 10.2 Å². The van der Waals surface area contributed by atoms with E-state index < -0.39 is 5.41 Å². The Bertz CT molecular complexity index is 1720. The zero-order valence-electron chi connectivity index (χ0n) is 27.7. The Labute approximate surface area is 275 Å². The summed E-state index contributed by atoms with van der Waals surface area (Å²) in [6, 6.07) is 8.66. The van der Waals surface area contributed by atoms with Crippen LogP contribution in [0.3, 0.4) is 0 Å². The van der Waals surface area contributed by atoms with Crippen molar-refractivity contribution < 1.29 is 18.7 Å². The average molecular weight is 641 g/mol. The van der Waals surface area contributed by atoms with Crippen LogP contribution < -0.4 is 15.4 Å². The highest BCUT2D eigenvalue weighted by atomic mass is 16.5. The van der Waals surface area contributed by atoms with Gasteiger partial charge in [-0.1, -0.05) is 11.2 Å². The molecular weight excluding hydrogens is 596 g/mol. The SMILES string of the molecule is COC1CCN(C)C1C(C)Oc1cc(N2CC3OCCN(C)C3C2)nc(-c2noc3c2CCCC32CCc3ccc(N)c(C#N)c32)n1. The third-order valence-corrected chi connectivity index (χ3v) is 11.5. The molecule has 12 nitrogen and oxygen atoms in total. The number of nitrogens with two attached hydrogens (primary N) is 1. The summed E-state index contributed by atoms with van der Waals surface area (Å²) in [4.78, 5) is 17.1. The number of nitrogens with zero attached hydrogens (tertiary/aromatic N) is 7. The maximum absolute atomic E-state index is 10.1. The normalized spacial score (nSPS) is 29.5. The lowest BCUT2D eigenvalue weighted by atomic mass is 9.68. The van der Waals surface area contributed by atoms with Crippen LogP contribution in [0.2, 0.25) is 0 Å². The first-order valence-electron chi connectivity index (χ1n) is 17.0. The predicted octanol–water partition coefficient (Wildman–Crippen LogP) is 3.16. The van der Waals surface area contributed by atoms with Crippen molar-refractivity contribution in [1.29, 1.82) is 5.26 Å². The van der Waals surface area contributed by atoms with Crippen molar-refractivity contribution in [3.05, 3.63) is 46.2 Å². The summed E-state index contributed by atoms with van der Waals surface area (Å²) in [5.74, 6) is 2.61. The van der Waals surface area contributed by atoms with Gasteiger partial charge in [0.1, 0.15) is 18.0 Å². The summed E-state index contributed by atoms with van der Waals surface area (Å²) in [6.45, 7) is 6.24. The molecule has 47 heavy (non-hydrogen) atoms. The van der Waals surface area contributed by atoms with Crippen molar-refractivity contribution in [3.63, 3.8) is 0 Å². The van der Waals surface area contributed by atoms with Crippen molar-refractivity contribution in [2.24, 2.45) is 0 Å². The zero-order valence-corrected chi connectivity index (χ0v) is 27.7. The molecule has 8 rings (SSSR count). The number of fused-ring (bicyclic) bond motifs is 5. The highest BCUT2D eigenvalue weighted by Gasteiger charge is 2.49. The number of hydrogen-bond acceptors (Lipinski definition) is 12. The van der Waals surface area contributed by atoms with E-state index in [-0.39, 0.29) is 24.4 Å². The van der Waals surface area contributed by atoms with Gasteiger partial charge in [-0.3, -0.25) is 9.80 Å². The quantitative estimate of drug-likeness (QED) is 0.396. The summed E-state index contributed by atoms with van der Waals surface area (Å²) in [6.07, 6.45) is 5.34. The minimum Gasteiger partial charge on any atom is -0.473 e. The summed E-state index contributed by atoms with van der Waals surface area (Å²) < 4.78 is 25.0. The van der Waals surface area contributed by atoms with E-state index in [1.165, 1.54) is 5.56 Å². The minimum absolute atomic E-state index is 0.0885. The number of rotatable bonds is 6. The fourth-order valence-electron chi connectivity index (χ4n) is 9.16. The molecule has 6 atom stereocenters. The first-order chi connectivity index (χ1) is 22.8. The van der Waals surface area contributed by atoms with E-state index >= 15 is 0 Å². The Balaban J connectivity index is 1.20. The summed E-state index contributed by atoms with van der Waals surface area (Å²) in [5, 5.41) is 14.8. The standard InChI is InChI=1S/C35H44N8O4/c1-20(32-26(44-4)10-13-42(32)3)46-29-16-28(43-18-25-27(19-43)45-15-14-41(25)2)38-34(39-29)31-22-6-5-11-35(33(22)47-40-31)12-9-21-7-8-24(37)23(17-36)30(21)35/h7-8,16,20,25-27,32H,5-6,9-15,18-19,37H2,1-4H3. The number of ether oxygens (including phenoxy) is 3. The molecule has 2 N–H and O–H groups in total. The number of benzene rings is 1. The van der Waals surface area contributed by atoms with E-state index in [1.54, 1.807) is 7.11 Å². The van der Waals surface area contributed by atoms with Gasteiger partial charge in [0.05, 0.1) is 41.9 Å². The lowest BCUT2D eigenvalue weighted by Gasteiger charge is -2.33. The zero-order chi connectivity index (χ0) is 32.4. The van der Waals surface area contributed by atoms with Crippen LogP contribution in [0.5, 0.6) is 5.88 Å². The van der Waals surface area contributed by atoms with Crippen LogP contribution in [-0.4, -0.2) is 109 Å². The van der Waals surface area contributed by atoms with E-state index in [0.29, 0.717) is 34.7 Å². The smallest absolute Gasteiger partial charge is 0.219 e. The van der Waals surface area contributed by atoms with Gasteiger partial charge in [-0.05, 0) is 76.7 Å². The molecule has 1 aromatic carbocycles. The van der Waals surface area contributed by atoms with Crippen LogP contribution in [0.25, 0.3) is 11.5 Å². The van der Waals surface area contributed by atoms with Gasteiger partial charge >= 0.3 is 0 Å². The fourth-order valence-corrected chi connectivity index (χ4v) is 9.16. The summed E-state index contributed by atoms with van der Waals surface area (Å²) in [5.41, 5.74) is 10.8. The van der Waals surface area contributed by atoms with Gasteiger partial charge < -0.3 is 29.4 Å². The topological polar surface area (TPSA) is 139 Å². The number of morpholine rings is 1. The molecule has 2 aromatic heterocycles. The largest absolute Gasteiger partial charge is 0.473 e. The van der Waals surface area contributed by atoms with Gasteiger partial charge in [-0.25, -0.2) is 4.98 Å². The average Bonchev–Trinajstić information content (AvgIpc) is 3.86. The third kappa shape index (κ3) is 4.89. The maximum atomic E-state index is 10.1. The van der Waals surface area contributed by atoms with Gasteiger partial charge in [-0.15, -0.1) is 0 Å². The summed E-state index contributed by atoms with van der Waals surface area (Å²) in [7, 11) is 6.06. The molecule has 0 bridgehead atoms. The predicted molar refractivity (Wildman–Crippen MR) is 175 cm³/mol. The van der Waals surface area contributed by atoms with Crippen molar-refractivity contribution in [2.75, 3.05) is 64.6 Å². The number of likely N-dealkylation sites (tertiary alicyclic amines) is 1. The Morgan fingerprint density at radius 1 is 1.13 bits per heavy atom. The number of nitrogen functional groups attached to an aromatic ring is 1. The monoisotopic (exact) mass is 640 g/mol. The minimum atomic E-state index is -0.436. The molecule has 3 fully saturated rings. The molecule has 0 saturated carbocycles. The first kappa shape index (κ1) is 30.6. The Morgan fingerprint density at radius 3 is 2.81 bits per heavy atom. The highest BCUT2D eigenvalue weighted by Crippen LogP contribution is 2.54. The number of aryl methyl sites for hydroxylation is 1. The number of hydrogen-bond donors (Lipinski definition) is 1. The summed E-state index contributed by atoms with van der Waals surface area (Å²) >= 11 is 0. The van der Waals surface area contributed by atoms with Crippen LogP contribution in [0.1, 0.15) is 60.6 Å². The van der Waals surface area contributed by atoms with Gasteiger partial charge in [0.25, 0.3) is 0 Å². The van der Waals surface area contributed by atoms with E-state index in [4.69, 9.17) is 34.4 Å². The van der Waals surface area contributed by atoms with E-state index in [0.717, 1.165) is 94.0 Å². The Kier molecular flexibility index (Phi) is 7.63. The molecule has 0 amide bonds. The van der Waals surface area contributed by atoms with Gasteiger partial charge in [0, 0.05) is 50.6 Å². The van der Waals surface area contributed by atoms with Crippen molar-refractivity contribution in [2.45, 2.75) is 81.3 Å². The van der Waals surface area contributed by atoms with Crippen LogP contribution in [0.15, 0.2) is 22.7 Å². The third-order valence-electron chi connectivity index (χ3n) is 11.5. The molecule has 5 heterocycles. The second-order valence-electron chi connectivity index (χ2n) is 14.1. The van der Waals surface area contributed by atoms with Gasteiger partial charge in [0.15, 0.2) is 17.3 Å². The van der Waals surface area contributed by atoms with E-state index in [9.17, 15) is 5.26 Å². The van der Waals surface area contributed by atoms with E-state index in [1.807, 2.05) is 12.1 Å². The molecule has 5 aliphatic rings. The van der Waals surface area contributed by atoms with Crippen molar-refractivity contribution in [1.82, 2.24) is 24.9 Å². The lowest BCUT2D eigenvalue weighted by molar-refractivity contribution is -0.0362. The Morgan fingerprint density at radius 2 is 2.00 bits per heavy atom. The van der Waals surface area contributed by atoms with Crippen LogP contribution in [0, 0.1) is 11.3 Å². The second kappa shape index (κ2) is 11.7. The molecule has 248 valence electrons. The fraction of sp³-hybridized carbons (Fsp3) is 0.600. The number of aromatic nitrogens is 3. The molecule has 3 aliphatic heterocycles. The van der Waals surface area contributed by atoms with Crippen molar-refractivity contribution >= 4 is 11.5 Å². The lowest BCUT2D eigenvalue weighted by Crippen LogP contribution is -2.48. The molecule has 1 spiro atoms. The maximum Gasteiger partial charge on any atom is 0.219 e. The first-order valence-corrected chi connectivity index (χ1v) is 17.0. The molecule has 3 saturated heterocycles. The molecule has 6 unspecified atom stereocenters. The number of anilines is 2. The molecular formula is C35H44N8O4. The van der Waals surface area contributed by atoms with Crippen molar-refractivity contribution in [3.8, 4) is 23.5 Å². The number of likely N-dealkylation sites (N-methyl/N-ethyl adjacent to an activating group) is 2. The molecule has 12 heteroatoms.